The lowest BCUT2D eigenvalue weighted by atomic mass is 10.1. The molecule has 0 aliphatic carbocycles. The second kappa shape index (κ2) is 7.25. The Balaban J connectivity index is 2.21. The number of nitrogens with one attached hydrogen (secondary N) is 1. The first-order valence-corrected chi connectivity index (χ1v) is 6.83. The maximum atomic E-state index is 3.67. The third-order valence-electron chi connectivity index (χ3n) is 3.85. The molecule has 0 aromatic heterocycles. The number of rotatable bonds is 6. The highest BCUT2D eigenvalue weighted by molar-refractivity contribution is 4.77. The fourth-order valence-electron chi connectivity index (χ4n) is 2.31. The van der Waals surface area contributed by atoms with Crippen LogP contribution in [0.5, 0.6) is 0 Å². The van der Waals surface area contributed by atoms with Gasteiger partial charge < -0.3 is 10.2 Å². The first-order valence-electron chi connectivity index (χ1n) is 6.83. The van der Waals surface area contributed by atoms with E-state index < -0.39 is 0 Å². The van der Waals surface area contributed by atoms with E-state index in [1.54, 1.807) is 0 Å². The van der Waals surface area contributed by atoms with Gasteiger partial charge in [-0.1, -0.05) is 13.8 Å². The number of likely N-dealkylation sites (N-methyl/N-ethyl adjacent to an activating group) is 1. The molecule has 0 bridgehead atoms. The summed E-state index contributed by atoms with van der Waals surface area (Å²) < 4.78 is 0. The Kier molecular flexibility index (Phi) is 6.32. The Labute approximate surface area is 101 Å². The minimum Gasteiger partial charge on any atom is -0.312 e. The van der Waals surface area contributed by atoms with Crippen LogP contribution >= 0.6 is 0 Å². The molecule has 1 atom stereocenters. The molecule has 1 rings (SSSR count). The van der Waals surface area contributed by atoms with Crippen LogP contribution in [0.25, 0.3) is 0 Å². The summed E-state index contributed by atoms with van der Waals surface area (Å²) in [5.41, 5.74) is 0. The van der Waals surface area contributed by atoms with Gasteiger partial charge in [0.2, 0.25) is 0 Å². The fraction of sp³-hybridized carbons (Fsp3) is 1.00. The van der Waals surface area contributed by atoms with Crippen molar-refractivity contribution < 1.29 is 0 Å². The van der Waals surface area contributed by atoms with E-state index in [9.17, 15) is 0 Å². The van der Waals surface area contributed by atoms with Crippen LogP contribution in [-0.2, 0) is 0 Å². The van der Waals surface area contributed by atoms with Crippen molar-refractivity contribution in [3.05, 3.63) is 0 Å². The van der Waals surface area contributed by atoms with Gasteiger partial charge in [0, 0.05) is 44.8 Å². The van der Waals surface area contributed by atoms with Gasteiger partial charge in [-0.05, 0) is 26.8 Å². The highest BCUT2D eigenvalue weighted by atomic mass is 15.3. The average molecular weight is 227 g/mol. The molecule has 1 heterocycles. The summed E-state index contributed by atoms with van der Waals surface area (Å²) in [5.74, 6) is 0. The van der Waals surface area contributed by atoms with Gasteiger partial charge in [-0.3, -0.25) is 4.90 Å². The van der Waals surface area contributed by atoms with Crippen molar-refractivity contribution in [3.8, 4) is 0 Å². The molecule has 0 amide bonds. The van der Waals surface area contributed by atoms with Crippen molar-refractivity contribution >= 4 is 0 Å². The predicted octanol–water partition coefficient (Wildman–Crippen LogP) is 1.40. The number of nitrogens with zero attached hydrogens (tertiary/aromatic N) is 2. The quantitative estimate of drug-likeness (QED) is 0.740. The highest BCUT2D eigenvalue weighted by Crippen LogP contribution is 2.05. The van der Waals surface area contributed by atoms with Crippen molar-refractivity contribution in [2.24, 2.45) is 0 Å². The maximum Gasteiger partial charge on any atom is 0.0193 e. The van der Waals surface area contributed by atoms with Crippen molar-refractivity contribution in [3.63, 3.8) is 0 Å². The Hall–Kier alpha value is -0.120. The van der Waals surface area contributed by atoms with Crippen LogP contribution in [-0.4, -0.2) is 61.7 Å². The summed E-state index contributed by atoms with van der Waals surface area (Å²) >= 11 is 0. The summed E-state index contributed by atoms with van der Waals surface area (Å²) in [5, 5.41) is 3.67. The molecule has 16 heavy (non-hydrogen) atoms. The monoisotopic (exact) mass is 227 g/mol. The first-order chi connectivity index (χ1) is 7.67. The van der Waals surface area contributed by atoms with Gasteiger partial charge in [0.1, 0.15) is 0 Å². The molecule has 0 radical (unpaired) electrons. The number of hydrogen-bond acceptors (Lipinski definition) is 3. The second-order valence-electron chi connectivity index (χ2n) is 5.11. The second-order valence-corrected chi connectivity index (χ2v) is 5.11. The minimum atomic E-state index is 0.675. The van der Waals surface area contributed by atoms with Crippen molar-refractivity contribution in [2.75, 3.05) is 39.8 Å². The van der Waals surface area contributed by atoms with E-state index in [0.717, 1.165) is 6.54 Å². The fourth-order valence-corrected chi connectivity index (χ4v) is 2.31. The Morgan fingerprint density at radius 1 is 1.06 bits per heavy atom. The molecular formula is C13H29N3. The van der Waals surface area contributed by atoms with Crippen molar-refractivity contribution in [1.82, 2.24) is 15.1 Å². The van der Waals surface area contributed by atoms with Crippen molar-refractivity contribution in [2.45, 2.75) is 45.7 Å². The minimum absolute atomic E-state index is 0.675. The lowest BCUT2D eigenvalue weighted by molar-refractivity contribution is 0.116. The molecule has 3 heteroatoms. The Morgan fingerprint density at radius 3 is 2.12 bits per heavy atom. The molecule has 0 spiro atoms. The van der Waals surface area contributed by atoms with Gasteiger partial charge in [-0.15, -0.1) is 0 Å². The highest BCUT2D eigenvalue weighted by Gasteiger charge is 2.19. The molecule has 3 nitrogen and oxygen atoms in total. The van der Waals surface area contributed by atoms with Gasteiger partial charge >= 0.3 is 0 Å². The third-order valence-corrected chi connectivity index (χ3v) is 3.85. The Morgan fingerprint density at radius 2 is 1.62 bits per heavy atom. The summed E-state index contributed by atoms with van der Waals surface area (Å²) in [7, 11) is 2.21. The molecule has 0 aromatic carbocycles. The smallest absolute Gasteiger partial charge is 0.0193 e. The van der Waals surface area contributed by atoms with Crippen molar-refractivity contribution in [1.29, 1.82) is 0 Å². The first kappa shape index (κ1) is 13.9. The van der Waals surface area contributed by atoms with Crippen LogP contribution in [0, 0.1) is 0 Å². The molecule has 1 unspecified atom stereocenters. The lowest BCUT2D eigenvalue weighted by Gasteiger charge is -2.37. The van der Waals surface area contributed by atoms with E-state index in [1.807, 2.05) is 0 Å². The van der Waals surface area contributed by atoms with Crippen LogP contribution in [0.3, 0.4) is 0 Å². The molecule has 96 valence electrons. The molecule has 0 aromatic rings. The zero-order chi connectivity index (χ0) is 12.0. The summed E-state index contributed by atoms with van der Waals surface area (Å²) in [6.07, 6.45) is 2.48. The normalized spacial score (nSPS) is 21.6. The van der Waals surface area contributed by atoms with Gasteiger partial charge in [0.15, 0.2) is 0 Å². The van der Waals surface area contributed by atoms with Gasteiger partial charge in [0.25, 0.3) is 0 Å². The van der Waals surface area contributed by atoms with Gasteiger partial charge in [0.05, 0.1) is 0 Å². The summed E-state index contributed by atoms with van der Waals surface area (Å²) in [6, 6.07) is 1.38. The van der Waals surface area contributed by atoms with E-state index in [1.165, 1.54) is 39.0 Å². The van der Waals surface area contributed by atoms with E-state index in [2.05, 4.69) is 42.9 Å². The summed E-state index contributed by atoms with van der Waals surface area (Å²) in [6.45, 7) is 12.9. The van der Waals surface area contributed by atoms with Crippen LogP contribution in [0.1, 0.15) is 33.6 Å². The molecule has 1 N–H and O–H groups in total. The molecule has 0 saturated carbocycles. The number of hydrogen-bond donors (Lipinski definition) is 1. The maximum absolute atomic E-state index is 3.67. The van der Waals surface area contributed by atoms with E-state index in [4.69, 9.17) is 0 Å². The largest absolute Gasteiger partial charge is 0.312 e. The zero-order valence-corrected chi connectivity index (χ0v) is 11.5. The molecule has 1 aliphatic rings. The SMILES string of the molecule is CCC(CC)NCC(C)N1CCN(C)CC1. The topological polar surface area (TPSA) is 18.5 Å². The number of piperazine rings is 1. The molecule has 1 fully saturated rings. The third kappa shape index (κ3) is 4.40. The van der Waals surface area contributed by atoms with E-state index in [-0.39, 0.29) is 0 Å². The van der Waals surface area contributed by atoms with Gasteiger partial charge in [-0.2, -0.15) is 0 Å². The molecular weight excluding hydrogens is 198 g/mol. The predicted molar refractivity (Wildman–Crippen MR) is 70.9 cm³/mol. The zero-order valence-electron chi connectivity index (χ0n) is 11.5. The summed E-state index contributed by atoms with van der Waals surface area (Å²) in [4.78, 5) is 5.02. The average Bonchev–Trinajstić information content (AvgIpc) is 2.31. The van der Waals surface area contributed by atoms with Crippen LogP contribution in [0.4, 0.5) is 0 Å². The molecule has 1 saturated heterocycles. The standard InChI is InChI=1S/C13H29N3/c1-5-13(6-2)14-11-12(3)16-9-7-15(4)8-10-16/h12-14H,5-11H2,1-4H3. The van der Waals surface area contributed by atoms with E-state index >= 15 is 0 Å². The van der Waals surface area contributed by atoms with E-state index in [0.29, 0.717) is 12.1 Å². The Bertz CT molecular complexity index is 172. The molecule has 1 aliphatic heterocycles. The van der Waals surface area contributed by atoms with Crippen LogP contribution in [0.2, 0.25) is 0 Å². The van der Waals surface area contributed by atoms with Crippen LogP contribution in [0.15, 0.2) is 0 Å². The van der Waals surface area contributed by atoms with Gasteiger partial charge in [-0.25, -0.2) is 0 Å². The lowest BCUT2D eigenvalue weighted by Crippen LogP contribution is -2.51. The van der Waals surface area contributed by atoms with Crippen LogP contribution < -0.4 is 5.32 Å².